The molecule has 0 aromatic carbocycles. The van der Waals surface area contributed by atoms with Crippen LogP contribution in [0.15, 0.2) is 0 Å². The molecule has 1 atom stereocenters. The lowest BCUT2D eigenvalue weighted by molar-refractivity contribution is -0.126. The van der Waals surface area contributed by atoms with Crippen molar-refractivity contribution in [2.75, 3.05) is 13.1 Å². The number of rotatable bonds is 2. The molecule has 4 rings (SSSR count). The lowest BCUT2D eigenvalue weighted by Crippen LogP contribution is -2.39. The third-order valence-electron chi connectivity index (χ3n) is 5.24. The van der Waals surface area contributed by atoms with Gasteiger partial charge in [0, 0.05) is 37.7 Å². The zero-order valence-electron chi connectivity index (χ0n) is 12.5. The first-order chi connectivity index (χ1) is 10.3. The summed E-state index contributed by atoms with van der Waals surface area (Å²) >= 11 is 0. The molecule has 0 radical (unpaired) electrons. The number of piperidine rings is 1. The fourth-order valence-corrected chi connectivity index (χ4v) is 4.18. The van der Waals surface area contributed by atoms with Gasteiger partial charge in [-0.15, -0.1) is 0 Å². The minimum atomic E-state index is -0.0244. The molecule has 1 saturated carbocycles. The molecular weight excluding hydrogens is 264 g/mol. The van der Waals surface area contributed by atoms with Crippen molar-refractivity contribution >= 4 is 5.91 Å². The topological polar surface area (TPSA) is 59.0 Å². The SMILES string of the molecule is O=C1NCCCC1n1c(C2CCCC2)nc2c1CCNC2. The number of carbonyl (C=O) groups is 1. The van der Waals surface area contributed by atoms with Crippen molar-refractivity contribution in [2.24, 2.45) is 0 Å². The van der Waals surface area contributed by atoms with E-state index in [1.54, 1.807) is 0 Å². The number of carbonyl (C=O) groups excluding carboxylic acids is 1. The van der Waals surface area contributed by atoms with Crippen LogP contribution in [-0.2, 0) is 17.8 Å². The van der Waals surface area contributed by atoms with Crippen molar-refractivity contribution in [2.45, 2.75) is 63.5 Å². The minimum Gasteiger partial charge on any atom is -0.354 e. The molecule has 2 aliphatic heterocycles. The van der Waals surface area contributed by atoms with Crippen molar-refractivity contribution in [1.29, 1.82) is 0 Å². The predicted molar refractivity (Wildman–Crippen MR) is 80.1 cm³/mol. The molecule has 1 aromatic heterocycles. The molecule has 1 saturated heterocycles. The Balaban J connectivity index is 1.78. The fraction of sp³-hybridized carbons (Fsp3) is 0.750. The third kappa shape index (κ3) is 2.27. The van der Waals surface area contributed by atoms with Crippen LogP contribution in [0.1, 0.15) is 67.7 Å². The van der Waals surface area contributed by atoms with Gasteiger partial charge >= 0.3 is 0 Å². The van der Waals surface area contributed by atoms with Gasteiger partial charge in [-0.2, -0.15) is 0 Å². The maximum Gasteiger partial charge on any atom is 0.243 e. The third-order valence-corrected chi connectivity index (χ3v) is 5.24. The quantitative estimate of drug-likeness (QED) is 0.870. The average molecular weight is 288 g/mol. The number of imidazole rings is 1. The summed E-state index contributed by atoms with van der Waals surface area (Å²) in [6.45, 7) is 2.68. The molecule has 5 heteroatoms. The van der Waals surface area contributed by atoms with E-state index in [1.165, 1.54) is 42.9 Å². The zero-order chi connectivity index (χ0) is 14.2. The van der Waals surface area contributed by atoms with Gasteiger partial charge in [-0.05, 0) is 25.7 Å². The highest BCUT2D eigenvalue weighted by Crippen LogP contribution is 2.37. The normalized spacial score (nSPS) is 26.7. The van der Waals surface area contributed by atoms with E-state index < -0.39 is 0 Å². The van der Waals surface area contributed by atoms with Crippen LogP contribution in [0.25, 0.3) is 0 Å². The first-order valence-electron chi connectivity index (χ1n) is 8.43. The van der Waals surface area contributed by atoms with Crippen LogP contribution in [0.3, 0.4) is 0 Å². The van der Waals surface area contributed by atoms with Crippen LogP contribution in [-0.4, -0.2) is 28.5 Å². The molecule has 1 aromatic rings. The molecule has 2 fully saturated rings. The van der Waals surface area contributed by atoms with E-state index in [4.69, 9.17) is 4.98 Å². The molecule has 0 bridgehead atoms. The van der Waals surface area contributed by atoms with Crippen LogP contribution in [0, 0.1) is 0 Å². The van der Waals surface area contributed by atoms with Gasteiger partial charge in [0.05, 0.1) is 5.69 Å². The van der Waals surface area contributed by atoms with E-state index in [0.29, 0.717) is 5.92 Å². The number of nitrogens with one attached hydrogen (secondary N) is 2. The minimum absolute atomic E-state index is 0.0244. The molecule has 5 nitrogen and oxygen atoms in total. The summed E-state index contributed by atoms with van der Waals surface area (Å²) in [5.41, 5.74) is 2.50. The Kier molecular flexibility index (Phi) is 3.45. The molecule has 3 heterocycles. The number of hydrogen-bond donors (Lipinski definition) is 2. The van der Waals surface area contributed by atoms with Gasteiger partial charge in [-0.3, -0.25) is 4.79 Å². The first kappa shape index (κ1) is 13.3. The average Bonchev–Trinajstić information content (AvgIpc) is 3.15. The zero-order valence-corrected chi connectivity index (χ0v) is 12.5. The summed E-state index contributed by atoms with van der Waals surface area (Å²) in [6.07, 6.45) is 8.11. The van der Waals surface area contributed by atoms with Crippen LogP contribution in [0.5, 0.6) is 0 Å². The molecule has 21 heavy (non-hydrogen) atoms. The Bertz CT molecular complexity index is 545. The standard InChI is InChI=1S/C16H24N4O/c21-16-14(6-3-8-18-16)20-13-7-9-17-10-12(13)19-15(20)11-4-1-2-5-11/h11,14,17H,1-10H2,(H,18,21). The van der Waals surface area contributed by atoms with Gasteiger partial charge in [-0.1, -0.05) is 12.8 Å². The lowest BCUT2D eigenvalue weighted by atomic mass is 10.0. The smallest absolute Gasteiger partial charge is 0.243 e. The van der Waals surface area contributed by atoms with E-state index in [0.717, 1.165) is 38.9 Å². The Hall–Kier alpha value is -1.36. The Morgan fingerprint density at radius 3 is 2.76 bits per heavy atom. The number of amides is 1. The second-order valence-electron chi connectivity index (χ2n) is 6.59. The number of nitrogens with zero attached hydrogens (tertiary/aromatic N) is 2. The summed E-state index contributed by atoms with van der Waals surface area (Å²) in [7, 11) is 0. The highest BCUT2D eigenvalue weighted by atomic mass is 16.2. The summed E-state index contributed by atoms with van der Waals surface area (Å²) in [6, 6.07) is -0.0244. The summed E-state index contributed by atoms with van der Waals surface area (Å²) in [5, 5.41) is 6.45. The van der Waals surface area contributed by atoms with Crippen molar-refractivity contribution in [3.8, 4) is 0 Å². The summed E-state index contributed by atoms with van der Waals surface area (Å²) in [5.74, 6) is 1.95. The molecule has 1 aliphatic carbocycles. The first-order valence-corrected chi connectivity index (χ1v) is 8.43. The van der Waals surface area contributed by atoms with Crippen molar-refractivity contribution in [3.63, 3.8) is 0 Å². The molecule has 0 spiro atoms. The van der Waals surface area contributed by atoms with Crippen LogP contribution in [0.4, 0.5) is 0 Å². The van der Waals surface area contributed by atoms with Gasteiger partial charge in [0.15, 0.2) is 0 Å². The molecule has 3 aliphatic rings. The Morgan fingerprint density at radius 1 is 1.10 bits per heavy atom. The fourth-order valence-electron chi connectivity index (χ4n) is 4.18. The lowest BCUT2D eigenvalue weighted by Gasteiger charge is -2.28. The Morgan fingerprint density at radius 2 is 1.95 bits per heavy atom. The van der Waals surface area contributed by atoms with Gasteiger partial charge in [-0.25, -0.2) is 4.98 Å². The highest BCUT2D eigenvalue weighted by molar-refractivity contribution is 5.81. The second kappa shape index (κ2) is 5.44. The van der Waals surface area contributed by atoms with Crippen LogP contribution in [0.2, 0.25) is 0 Å². The maximum atomic E-state index is 12.4. The van der Waals surface area contributed by atoms with Gasteiger partial charge < -0.3 is 15.2 Å². The molecule has 2 N–H and O–H groups in total. The monoisotopic (exact) mass is 288 g/mol. The highest BCUT2D eigenvalue weighted by Gasteiger charge is 2.33. The Labute approximate surface area is 125 Å². The van der Waals surface area contributed by atoms with Crippen molar-refractivity contribution in [1.82, 2.24) is 20.2 Å². The van der Waals surface area contributed by atoms with E-state index in [-0.39, 0.29) is 11.9 Å². The van der Waals surface area contributed by atoms with Crippen molar-refractivity contribution in [3.05, 3.63) is 17.2 Å². The van der Waals surface area contributed by atoms with E-state index in [1.807, 2.05) is 0 Å². The van der Waals surface area contributed by atoms with Gasteiger partial charge in [0.2, 0.25) is 5.91 Å². The number of fused-ring (bicyclic) bond motifs is 1. The van der Waals surface area contributed by atoms with E-state index in [9.17, 15) is 4.79 Å². The van der Waals surface area contributed by atoms with Crippen molar-refractivity contribution < 1.29 is 4.79 Å². The number of hydrogen-bond acceptors (Lipinski definition) is 3. The summed E-state index contributed by atoms with van der Waals surface area (Å²) in [4.78, 5) is 17.3. The summed E-state index contributed by atoms with van der Waals surface area (Å²) < 4.78 is 2.33. The molecule has 114 valence electrons. The van der Waals surface area contributed by atoms with Crippen LogP contribution >= 0.6 is 0 Å². The van der Waals surface area contributed by atoms with Gasteiger partial charge in [0.25, 0.3) is 0 Å². The predicted octanol–water partition coefficient (Wildman–Crippen LogP) is 1.64. The van der Waals surface area contributed by atoms with Gasteiger partial charge in [0.1, 0.15) is 11.9 Å². The second-order valence-corrected chi connectivity index (χ2v) is 6.59. The molecule has 1 unspecified atom stereocenters. The molecular formula is C16H24N4O. The van der Waals surface area contributed by atoms with Crippen LogP contribution < -0.4 is 10.6 Å². The largest absolute Gasteiger partial charge is 0.354 e. The van der Waals surface area contributed by atoms with E-state index >= 15 is 0 Å². The number of aromatic nitrogens is 2. The van der Waals surface area contributed by atoms with E-state index in [2.05, 4.69) is 15.2 Å². The maximum absolute atomic E-state index is 12.4. The molecule has 1 amide bonds.